The Balaban J connectivity index is 1.74. The minimum atomic E-state index is -0.846. The Morgan fingerprint density at radius 1 is 1.19 bits per heavy atom. The molecule has 0 heterocycles. The fraction of sp³-hybridized carbons (Fsp3) is 0.474. The third kappa shape index (κ3) is 5.06. The summed E-state index contributed by atoms with van der Waals surface area (Å²) in [6, 6.07) is 7.39. The van der Waals surface area contributed by atoms with Crippen molar-refractivity contribution in [1.82, 2.24) is 10.6 Å². The molecule has 138 valence electrons. The number of benzene rings is 1. The summed E-state index contributed by atoms with van der Waals surface area (Å²) in [5.41, 5.74) is 1.66. The highest BCUT2D eigenvalue weighted by Gasteiger charge is 2.35. The van der Waals surface area contributed by atoms with Crippen molar-refractivity contribution in [2.75, 3.05) is 13.2 Å². The van der Waals surface area contributed by atoms with Gasteiger partial charge in [-0.15, -0.1) is 0 Å². The van der Waals surface area contributed by atoms with E-state index in [4.69, 9.17) is 4.74 Å². The van der Waals surface area contributed by atoms with Gasteiger partial charge in [0.2, 0.25) is 0 Å². The van der Waals surface area contributed by atoms with E-state index in [0.29, 0.717) is 18.4 Å². The summed E-state index contributed by atoms with van der Waals surface area (Å²) in [6.07, 6.45) is 2.99. The quantitative estimate of drug-likeness (QED) is 0.751. The van der Waals surface area contributed by atoms with Crippen LogP contribution in [0.25, 0.3) is 0 Å². The molecular weight excluding hydrogens is 334 g/mol. The van der Waals surface area contributed by atoms with Crippen molar-refractivity contribution >= 4 is 17.8 Å². The van der Waals surface area contributed by atoms with Gasteiger partial charge in [-0.1, -0.05) is 6.07 Å². The third-order valence-electron chi connectivity index (χ3n) is 4.58. The zero-order valence-corrected chi connectivity index (χ0v) is 15.1. The van der Waals surface area contributed by atoms with Crippen molar-refractivity contribution in [1.29, 1.82) is 5.26 Å². The summed E-state index contributed by atoms with van der Waals surface area (Å²) >= 11 is 0. The molecule has 26 heavy (non-hydrogen) atoms. The van der Waals surface area contributed by atoms with E-state index in [2.05, 4.69) is 16.7 Å². The lowest BCUT2D eigenvalue weighted by Crippen LogP contribution is -2.47. The van der Waals surface area contributed by atoms with Crippen molar-refractivity contribution in [3.63, 3.8) is 0 Å². The average Bonchev–Trinajstić information content (AvgIpc) is 3.09. The summed E-state index contributed by atoms with van der Waals surface area (Å²) in [5.74, 6) is -1.61. The van der Waals surface area contributed by atoms with Crippen LogP contribution in [0.15, 0.2) is 18.2 Å². The number of aryl methyl sites for hydroxylation is 2. The largest absolute Gasteiger partial charge is 0.454 e. The topological polar surface area (TPSA) is 108 Å². The van der Waals surface area contributed by atoms with Crippen LogP contribution in [-0.2, 0) is 14.3 Å². The lowest BCUT2D eigenvalue weighted by atomic mass is 10.00. The summed E-state index contributed by atoms with van der Waals surface area (Å²) in [5, 5.41) is 14.3. The Hall–Kier alpha value is -2.88. The number of nitriles is 1. The molecule has 0 saturated heterocycles. The van der Waals surface area contributed by atoms with Gasteiger partial charge < -0.3 is 15.4 Å². The van der Waals surface area contributed by atoms with Crippen LogP contribution in [-0.4, -0.2) is 36.5 Å². The van der Waals surface area contributed by atoms with Crippen LogP contribution >= 0.6 is 0 Å². The number of esters is 1. The predicted octanol–water partition coefficient (Wildman–Crippen LogP) is 1.53. The van der Waals surface area contributed by atoms with E-state index < -0.39 is 24.0 Å². The van der Waals surface area contributed by atoms with Crippen LogP contribution < -0.4 is 10.6 Å². The second-order valence-corrected chi connectivity index (χ2v) is 6.59. The van der Waals surface area contributed by atoms with Gasteiger partial charge in [-0.2, -0.15) is 5.26 Å². The average molecular weight is 357 g/mol. The number of nitrogens with zero attached hydrogens (tertiary/aromatic N) is 1. The van der Waals surface area contributed by atoms with Gasteiger partial charge in [0.15, 0.2) is 6.61 Å². The van der Waals surface area contributed by atoms with Gasteiger partial charge in [0.1, 0.15) is 12.1 Å². The van der Waals surface area contributed by atoms with Crippen molar-refractivity contribution in [2.24, 2.45) is 0 Å². The highest BCUT2D eigenvalue weighted by Crippen LogP contribution is 2.28. The lowest BCUT2D eigenvalue weighted by molar-refractivity contribution is -0.147. The molecule has 1 aromatic rings. The van der Waals surface area contributed by atoms with Gasteiger partial charge in [0, 0.05) is 5.56 Å². The molecule has 7 heteroatoms. The molecule has 1 aliphatic carbocycles. The Bertz CT molecular complexity index is 746. The highest BCUT2D eigenvalue weighted by molar-refractivity contribution is 5.96. The molecular formula is C19H23N3O4. The maximum Gasteiger partial charge on any atom is 0.325 e. The van der Waals surface area contributed by atoms with Crippen LogP contribution in [0.5, 0.6) is 0 Å². The van der Waals surface area contributed by atoms with Gasteiger partial charge in [0.05, 0.1) is 6.07 Å². The van der Waals surface area contributed by atoms with Gasteiger partial charge in [-0.05, 0) is 62.8 Å². The molecule has 0 unspecified atom stereocenters. The monoisotopic (exact) mass is 357 g/mol. The van der Waals surface area contributed by atoms with E-state index in [1.54, 1.807) is 12.1 Å². The zero-order chi connectivity index (χ0) is 19.2. The molecule has 0 aliphatic heterocycles. The van der Waals surface area contributed by atoms with Gasteiger partial charge in [-0.25, -0.2) is 0 Å². The maximum absolute atomic E-state index is 12.0. The standard InChI is InChI=1S/C19H23N3O4/c1-13-5-6-15(9-14(13)2)18(25)21-10-17(24)26-11-16(23)22-19(12-20)7-3-4-8-19/h5-6,9H,3-4,7-8,10-11H2,1-2H3,(H,21,25)(H,22,23). The molecule has 0 aromatic heterocycles. The van der Waals surface area contributed by atoms with Gasteiger partial charge >= 0.3 is 5.97 Å². The first-order valence-electron chi connectivity index (χ1n) is 8.58. The van der Waals surface area contributed by atoms with E-state index in [1.165, 1.54) is 0 Å². The number of amides is 2. The second-order valence-electron chi connectivity index (χ2n) is 6.59. The number of rotatable bonds is 6. The van der Waals surface area contributed by atoms with Crippen LogP contribution in [0.2, 0.25) is 0 Å². The molecule has 1 aromatic carbocycles. The smallest absolute Gasteiger partial charge is 0.325 e. The molecule has 2 rings (SSSR count). The number of carbonyl (C=O) groups excluding carboxylic acids is 3. The number of carbonyl (C=O) groups is 3. The van der Waals surface area contributed by atoms with Crippen molar-refractivity contribution in [3.8, 4) is 6.07 Å². The van der Waals surface area contributed by atoms with Gasteiger partial charge in [-0.3, -0.25) is 14.4 Å². The Morgan fingerprint density at radius 2 is 1.88 bits per heavy atom. The van der Waals surface area contributed by atoms with Crippen molar-refractivity contribution < 1.29 is 19.1 Å². The SMILES string of the molecule is Cc1ccc(C(=O)NCC(=O)OCC(=O)NC2(C#N)CCCC2)cc1C. The second kappa shape index (κ2) is 8.48. The minimum absolute atomic E-state index is 0.331. The number of ether oxygens (including phenoxy) is 1. The lowest BCUT2D eigenvalue weighted by Gasteiger charge is -2.21. The van der Waals surface area contributed by atoms with Gasteiger partial charge in [0.25, 0.3) is 11.8 Å². The molecule has 1 saturated carbocycles. The van der Waals surface area contributed by atoms with Crippen LogP contribution in [0.1, 0.15) is 47.2 Å². The molecule has 7 nitrogen and oxygen atoms in total. The number of hydrogen-bond donors (Lipinski definition) is 2. The predicted molar refractivity (Wildman–Crippen MR) is 94.2 cm³/mol. The van der Waals surface area contributed by atoms with E-state index in [9.17, 15) is 19.6 Å². The molecule has 0 spiro atoms. The molecule has 2 N–H and O–H groups in total. The summed E-state index contributed by atoms with van der Waals surface area (Å²) in [4.78, 5) is 35.6. The summed E-state index contributed by atoms with van der Waals surface area (Å²) < 4.78 is 4.86. The third-order valence-corrected chi connectivity index (χ3v) is 4.58. The maximum atomic E-state index is 12.0. The molecule has 0 atom stereocenters. The Kier molecular flexibility index (Phi) is 6.34. The van der Waals surface area contributed by atoms with E-state index >= 15 is 0 Å². The highest BCUT2D eigenvalue weighted by atomic mass is 16.5. The van der Waals surface area contributed by atoms with Crippen molar-refractivity contribution in [3.05, 3.63) is 34.9 Å². The fourth-order valence-electron chi connectivity index (χ4n) is 2.88. The van der Waals surface area contributed by atoms with Crippen LogP contribution in [0.4, 0.5) is 0 Å². The number of nitrogens with one attached hydrogen (secondary N) is 2. The first kappa shape index (κ1) is 19.4. The fourth-order valence-corrected chi connectivity index (χ4v) is 2.88. The number of hydrogen-bond acceptors (Lipinski definition) is 5. The first-order chi connectivity index (χ1) is 12.3. The normalized spacial score (nSPS) is 15.0. The molecule has 2 amide bonds. The Labute approximate surface area is 152 Å². The summed E-state index contributed by atoms with van der Waals surface area (Å²) in [6.45, 7) is 3.04. The summed E-state index contributed by atoms with van der Waals surface area (Å²) in [7, 11) is 0. The first-order valence-corrected chi connectivity index (χ1v) is 8.58. The van der Waals surface area contributed by atoms with E-state index in [0.717, 1.165) is 24.0 Å². The zero-order valence-electron chi connectivity index (χ0n) is 15.1. The molecule has 0 radical (unpaired) electrons. The van der Waals surface area contributed by atoms with E-state index in [-0.39, 0.29) is 12.5 Å². The molecule has 1 aliphatic rings. The minimum Gasteiger partial charge on any atom is -0.454 e. The molecule has 0 bridgehead atoms. The van der Waals surface area contributed by atoms with Crippen molar-refractivity contribution in [2.45, 2.75) is 45.1 Å². The Morgan fingerprint density at radius 3 is 2.50 bits per heavy atom. The van der Waals surface area contributed by atoms with Crippen LogP contribution in [0, 0.1) is 25.2 Å². The molecule has 1 fully saturated rings. The van der Waals surface area contributed by atoms with E-state index in [1.807, 2.05) is 19.9 Å². The van der Waals surface area contributed by atoms with Crippen LogP contribution in [0.3, 0.4) is 0 Å².